The number of benzene rings is 2. The Balaban J connectivity index is 1.53. The molecule has 0 fully saturated rings. The highest BCUT2D eigenvalue weighted by atomic mass is 16.5. The number of H-pyrrole nitrogens is 1. The number of aromatic nitrogens is 1. The molecule has 2 aromatic carbocycles. The van der Waals surface area contributed by atoms with Gasteiger partial charge in [-0.15, -0.1) is 0 Å². The predicted octanol–water partition coefficient (Wildman–Crippen LogP) is 3.70. The fraction of sp³-hybridized carbons (Fsp3) is 0.346. The third-order valence-corrected chi connectivity index (χ3v) is 5.50. The van der Waals surface area contributed by atoms with Crippen LogP contribution >= 0.6 is 0 Å². The van der Waals surface area contributed by atoms with Crippen LogP contribution in [0.1, 0.15) is 37.3 Å². The van der Waals surface area contributed by atoms with Gasteiger partial charge in [-0.05, 0) is 37.0 Å². The second-order valence-corrected chi connectivity index (χ2v) is 7.99. The third kappa shape index (κ3) is 7.02. The lowest BCUT2D eigenvalue weighted by atomic mass is 9.92. The molecule has 0 spiro atoms. The van der Waals surface area contributed by atoms with E-state index in [-0.39, 0.29) is 38.3 Å². The summed E-state index contributed by atoms with van der Waals surface area (Å²) < 4.78 is 10.4. The molecule has 2 atom stereocenters. The van der Waals surface area contributed by atoms with Crippen LogP contribution < -0.4 is 5.73 Å². The van der Waals surface area contributed by atoms with Crippen LogP contribution in [0.2, 0.25) is 0 Å². The Morgan fingerprint density at radius 3 is 2.45 bits per heavy atom. The van der Waals surface area contributed by atoms with Gasteiger partial charge in [0.2, 0.25) is 0 Å². The van der Waals surface area contributed by atoms with Crippen molar-refractivity contribution in [1.82, 2.24) is 4.98 Å². The zero-order valence-corrected chi connectivity index (χ0v) is 18.8. The molecule has 0 unspecified atom stereocenters. The third-order valence-electron chi connectivity index (χ3n) is 5.50. The fourth-order valence-corrected chi connectivity index (χ4v) is 3.71. The van der Waals surface area contributed by atoms with Crippen molar-refractivity contribution in [3.05, 3.63) is 71.9 Å². The lowest BCUT2D eigenvalue weighted by Gasteiger charge is -2.16. The number of carbonyl (C=O) groups excluding carboxylic acids is 3. The minimum atomic E-state index is -0.896. The quantitative estimate of drug-likeness (QED) is 0.407. The van der Waals surface area contributed by atoms with E-state index in [4.69, 9.17) is 15.2 Å². The van der Waals surface area contributed by atoms with Crippen LogP contribution in [0.15, 0.2) is 60.8 Å². The van der Waals surface area contributed by atoms with Crippen molar-refractivity contribution >= 4 is 28.6 Å². The van der Waals surface area contributed by atoms with Crippen molar-refractivity contribution in [1.29, 1.82) is 0 Å². The first kappa shape index (κ1) is 24.2. The zero-order valence-electron chi connectivity index (χ0n) is 18.8. The van der Waals surface area contributed by atoms with E-state index in [1.165, 1.54) is 0 Å². The topological polar surface area (TPSA) is 111 Å². The van der Waals surface area contributed by atoms with Crippen LogP contribution in [0, 0.1) is 5.92 Å². The van der Waals surface area contributed by atoms with Crippen LogP contribution in [0.3, 0.4) is 0 Å². The number of ketones is 1. The van der Waals surface area contributed by atoms with E-state index in [0.717, 1.165) is 22.0 Å². The van der Waals surface area contributed by atoms with Crippen molar-refractivity contribution < 1.29 is 23.9 Å². The van der Waals surface area contributed by atoms with Crippen LogP contribution in [0.25, 0.3) is 10.9 Å². The number of esters is 2. The molecule has 7 nitrogen and oxygen atoms in total. The molecule has 1 heterocycles. The number of rotatable bonds is 12. The Hall–Kier alpha value is -3.45. The van der Waals surface area contributed by atoms with Gasteiger partial charge in [0.1, 0.15) is 18.4 Å². The van der Waals surface area contributed by atoms with Gasteiger partial charge < -0.3 is 20.2 Å². The minimum Gasteiger partial charge on any atom is -0.466 e. The summed E-state index contributed by atoms with van der Waals surface area (Å²) in [6.07, 6.45) is 2.53. The Labute approximate surface area is 193 Å². The van der Waals surface area contributed by atoms with Crippen molar-refractivity contribution in [2.45, 2.75) is 45.3 Å². The molecule has 1 aromatic heterocycles. The summed E-state index contributed by atoms with van der Waals surface area (Å²) in [5, 5.41) is 1.02. The number of nitrogens with two attached hydrogens (primary N) is 1. The molecule has 3 rings (SSSR count). The average Bonchev–Trinajstić information content (AvgIpc) is 3.24. The molecule has 0 radical (unpaired) electrons. The van der Waals surface area contributed by atoms with Crippen LogP contribution in [-0.2, 0) is 36.9 Å². The van der Waals surface area contributed by atoms with Gasteiger partial charge in [-0.1, -0.05) is 48.5 Å². The Morgan fingerprint density at radius 1 is 0.970 bits per heavy atom. The largest absolute Gasteiger partial charge is 0.466 e. The maximum absolute atomic E-state index is 12.6. The van der Waals surface area contributed by atoms with Crippen molar-refractivity contribution in [2.75, 3.05) is 6.61 Å². The standard InChI is InChI=1S/C26H30N2O5/c1-2-32-25(30)19(14-20-16-28-24-11-7-6-10-22(20)24)15-21(29)12-13-23(27)26(31)33-17-18-8-4-3-5-9-18/h3-11,16,19,23,28H,2,12-15,17,27H2,1H3/t19-,23+/m0/s1. The van der Waals surface area contributed by atoms with Crippen LogP contribution in [-0.4, -0.2) is 35.4 Å². The van der Waals surface area contributed by atoms with E-state index in [1.54, 1.807) is 6.92 Å². The summed E-state index contributed by atoms with van der Waals surface area (Å²) in [6, 6.07) is 16.2. The lowest BCUT2D eigenvalue weighted by molar-refractivity contribution is -0.150. The Morgan fingerprint density at radius 2 is 1.70 bits per heavy atom. The van der Waals surface area contributed by atoms with E-state index in [2.05, 4.69) is 4.98 Å². The number of fused-ring (bicyclic) bond motifs is 1. The zero-order chi connectivity index (χ0) is 23.6. The van der Waals surface area contributed by atoms with E-state index in [1.807, 2.05) is 60.8 Å². The summed E-state index contributed by atoms with van der Waals surface area (Å²) in [4.78, 5) is 40.5. The Bertz CT molecular complexity index is 1080. The number of nitrogens with one attached hydrogen (secondary N) is 1. The molecule has 0 aliphatic rings. The first-order valence-electron chi connectivity index (χ1n) is 11.2. The second kappa shape index (κ2) is 12.0. The number of Topliss-reactive ketones (excluding diaryl/α,β-unsaturated/α-hetero) is 1. The molecular weight excluding hydrogens is 420 g/mol. The summed E-state index contributed by atoms with van der Waals surface area (Å²) in [5.74, 6) is -1.69. The summed E-state index contributed by atoms with van der Waals surface area (Å²) in [7, 11) is 0. The molecule has 0 aliphatic carbocycles. The van der Waals surface area contributed by atoms with Crippen LogP contribution in [0.4, 0.5) is 0 Å². The van der Waals surface area contributed by atoms with Crippen LogP contribution in [0.5, 0.6) is 0 Å². The molecule has 3 N–H and O–H groups in total. The maximum Gasteiger partial charge on any atom is 0.323 e. The number of hydrogen-bond acceptors (Lipinski definition) is 6. The predicted molar refractivity (Wildman–Crippen MR) is 125 cm³/mol. The van der Waals surface area contributed by atoms with Gasteiger partial charge in [0.15, 0.2) is 0 Å². The van der Waals surface area contributed by atoms with Gasteiger partial charge in [0.05, 0.1) is 12.5 Å². The van der Waals surface area contributed by atoms with Gasteiger partial charge in [-0.3, -0.25) is 14.4 Å². The van der Waals surface area contributed by atoms with Gasteiger partial charge >= 0.3 is 11.9 Å². The van der Waals surface area contributed by atoms with E-state index < -0.39 is 23.9 Å². The number of para-hydroxylation sites is 1. The first-order valence-corrected chi connectivity index (χ1v) is 11.2. The molecule has 0 aliphatic heterocycles. The smallest absolute Gasteiger partial charge is 0.323 e. The minimum absolute atomic E-state index is 0.0319. The number of aromatic amines is 1. The van der Waals surface area contributed by atoms with E-state index in [0.29, 0.717) is 6.42 Å². The SMILES string of the molecule is CCOC(=O)[C@H](CC(=O)CC[C@@H](N)C(=O)OCc1ccccc1)Cc1c[nH]c2ccccc12. The molecule has 0 saturated carbocycles. The second-order valence-electron chi connectivity index (χ2n) is 7.99. The van der Waals surface area contributed by atoms with Gasteiger partial charge in [-0.25, -0.2) is 0 Å². The lowest BCUT2D eigenvalue weighted by Crippen LogP contribution is -2.33. The highest BCUT2D eigenvalue weighted by Crippen LogP contribution is 2.23. The monoisotopic (exact) mass is 450 g/mol. The molecule has 174 valence electrons. The maximum atomic E-state index is 12.6. The fourth-order valence-electron chi connectivity index (χ4n) is 3.71. The summed E-state index contributed by atoms with van der Waals surface area (Å²) >= 11 is 0. The molecule has 0 saturated heterocycles. The summed E-state index contributed by atoms with van der Waals surface area (Å²) in [5.41, 5.74) is 8.71. The van der Waals surface area contributed by atoms with Crippen molar-refractivity contribution in [3.63, 3.8) is 0 Å². The molecular formula is C26H30N2O5. The van der Waals surface area contributed by atoms with E-state index >= 15 is 0 Å². The highest BCUT2D eigenvalue weighted by Gasteiger charge is 2.25. The molecule has 0 bridgehead atoms. The van der Waals surface area contributed by atoms with Crippen molar-refractivity contribution in [3.8, 4) is 0 Å². The van der Waals surface area contributed by atoms with Crippen molar-refractivity contribution in [2.24, 2.45) is 11.7 Å². The molecule has 3 aromatic rings. The molecule has 33 heavy (non-hydrogen) atoms. The normalized spacial score (nSPS) is 12.8. The first-order chi connectivity index (χ1) is 16.0. The highest BCUT2D eigenvalue weighted by molar-refractivity contribution is 5.87. The van der Waals surface area contributed by atoms with Gasteiger partial charge in [0, 0.05) is 29.9 Å². The average molecular weight is 451 g/mol. The van der Waals surface area contributed by atoms with E-state index in [9.17, 15) is 14.4 Å². The molecule has 0 amide bonds. The number of ether oxygens (including phenoxy) is 2. The summed E-state index contributed by atoms with van der Waals surface area (Å²) in [6.45, 7) is 2.12. The number of hydrogen-bond donors (Lipinski definition) is 2. The molecule has 7 heteroatoms. The van der Waals surface area contributed by atoms with Gasteiger partial charge in [-0.2, -0.15) is 0 Å². The number of carbonyl (C=O) groups is 3. The Kier molecular flexibility index (Phi) is 8.78. The van der Waals surface area contributed by atoms with Gasteiger partial charge in [0.25, 0.3) is 0 Å².